The van der Waals surface area contributed by atoms with Crippen molar-refractivity contribution in [3.8, 4) is 5.75 Å². The Bertz CT molecular complexity index is 335. The zero-order valence-electron chi connectivity index (χ0n) is 9.91. The van der Waals surface area contributed by atoms with Crippen molar-refractivity contribution >= 4 is 5.91 Å². The van der Waals surface area contributed by atoms with E-state index in [-0.39, 0.29) is 11.9 Å². The topological polar surface area (TPSA) is 50.4 Å². The van der Waals surface area contributed by atoms with E-state index in [9.17, 15) is 4.79 Å². The molecular formula is C12H18N2O2. The lowest BCUT2D eigenvalue weighted by Crippen LogP contribution is -2.39. The largest absolute Gasteiger partial charge is 0.497 e. The van der Waals surface area contributed by atoms with Crippen molar-refractivity contribution in [2.24, 2.45) is 0 Å². The number of hydrogen-bond donors (Lipinski definition) is 2. The van der Waals surface area contributed by atoms with Crippen molar-refractivity contribution in [1.82, 2.24) is 10.6 Å². The summed E-state index contributed by atoms with van der Waals surface area (Å²) < 4.78 is 5.05. The van der Waals surface area contributed by atoms with Gasteiger partial charge in [-0.15, -0.1) is 0 Å². The lowest BCUT2D eigenvalue weighted by atomic mass is 10.2. The van der Waals surface area contributed by atoms with Gasteiger partial charge in [-0.25, -0.2) is 0 Å². The number of methoxy groups -OCH3 is 1. The van der Waals surface area contributed by atoms with E-state index in [0.29, 0.717) is 6.54 Å². The standard InChI is InChI=1S/C12H18N2O2/c1-9(13-2)12(15)14-8-10-4-6-11(16-3)7-5-10/h4-7,9,13H,8H2,1-3H3,(H,14,15). The maximum absolute atomic E-state index is 11.5. The molecule has 0 fully saturated rings. The monoisotopic (exact) mass is 222 g/mol. The number of carbonyl (C=O) groups excluding carboxylic acids is 1. The molecule has 0 aliphatic heterocycles. The number of amides is 1. The van der Waals surface area contributed by atoms with Gasteiger partial charge >= 0.3 is 0 Å². The number of ether oxygens (including phenoxy) is 1. The van der Waals surface area contributed by atoms with E-state index in [1.54, 1.807) is 14.2 Å². The molecule has 1 rings (SSSR count). The number of hydrogen-bond acceptors (Lipinski definition) is 3. The molecule has 1 unspecified atom stereocenters. The maximum Gasteiger partial charge on any atom is 0.237 e. The highest BCUT2D eigenvalue weighted by atomic mass is 16.5. The molecule has 0 heterocycles. The van der Waals surface area contributed by atoms with Crippen LogP contribution in [-0.2, 0) is 11.3 Å². The lowest BCUT2D eigenvalue weighted by molar-refractivity contribution is -0.122. The minimum atomic E-state index is -0.168. The SMILES string of the molecule is CNC(C)C(=O)NCc1ccc(OC)cc1. The van der Waals surface area contributed by atoms with Gasteiger partial charge in [0.25, 0.3) is 0 Å². The highest BCUT2D eigenvalue weighted by Crippen LogP contribution is 2.10. The first-order valence-electron chi connectivity index (χ1n) is 5.25. The molecule has 1 aromatic carbocycles. The first-order valence-corrected chi connectivity index (χ1v) is 5.25. The average molecular weight is 222 g/mol. The molecular weight excluding hydrogens is 204 g/mol. The van der Waals surface area contributed by atoms with Gasteiger partial charge in [-0.3, -0.25) is 4.79 Å². The zero-order chi connectivity index (χ0) is 12.0. The van der Waals surface area contributed by atoms with Crippen molar-refractivity contribution in [3.05, 3.63) is 29.8 Å². The number of carbonyl (C=O) groups is 1. The Labute approximate surface area is 96.0 Å². The van der Waals surface area contributed by atoms with E-state index in [0.717, 1.165) is 11.3 Å². The summed E-state index contributed by atoms with van der Waals surface area (Å²) in [4.78, 5) is 11.5. The second kappa shape index (κ2) is 6.12. The molecule has 4 nitrogen and oxygen atoms in total. The summed E-state index contributed by atoms with van der Waals surface area (Å²) in [7, 11) is 3.39. The van der Waals surface area contributed by atoms with Crippen LogP contribution in [0.15, 0.2) is 24.3 Å². The summed E-state index contributed by atoms with van der Waals surface area (Å²) in [6, 6.07) is 7.46. The number of rotatable bonds is 5. The fourth-order valence-corrected chi connectivity index (χ4v) is 1.22. The molecule has 0 aromatic heterocycles. The van der Waals surface area contributed by atoms with Crippen LogP contribution < -0.4 is 15.4 Å². The van der Waals surface area contributed by atoms with E-state index in [1.807, 2.05) is 31.2 Å². The van der Waals surface area contributed by atoms with Crippen molar-refractivity contribution in [2.45, 2.75) is 19.5 Å². The van der Waals surface area contributed by atoms with Gasteiger partial charge in [0, 0.05) is 6.54 Å². The molecule has 0 aliphatic rings. The molecule has 4 heteroatoms. The Hall–Kier alpha value is -1.55. The first-order chi connectivity index (χ1) is 7.67. The normalized spacial score (nSPS) is 11.9. The van der Waals surface area contributed by atoms with Gasteiger partial charge in [-0.05, 0) is 31.7 Å². The van der Waals surface area contributed by atoms with E-state index in [2.05, 4.69) is 10.6 Å². The molecule has 1 aromatic rings. The summed E-state index contributed by atoms with van der Waals surface area (Å²) in [5.74, 6) is 0.817. The smallest absolute Gasteiger partial charge is 0.237 e. The Morgan fingerprint density at radius 2 is 2.00 bits per heavy atom. The van der Waals surface area contributed by atoms with E-state index < -0.39 is 0 Å². The van der Waals surface area contributed by atoms with Gasteiger partial charge in [0.2, 0.25) is 5.91 Å². The van der Waals surface area contributed by atoms with Crippen LogP contribution in [0.4, 0.5) is 0 Å². The molecule has 88 valence electrons. The Kier molecular flexibility index (Phi) is 4.79. The van der Waals surface area contributed by atoms with Crippen LogP contribution >= 0.6 is 0 Å². The van der Waals surface area contributed by atoms with Gasteiger partial charge < -0.3 is 15.4 Å². The highest BCUT2D eigenvalue weighted by Gasteiger charge is 2.08. The molecule has 2 N–H and O–H groups in total. The van der Waals surface area contributed by atoms with Crippen LogP contribution in [0, 0.1) is 0 Å². The van der Waals surface area contributed by atoms with Crippen molar-refractivity contribution < 1.29 is 9.53 Å². The van der Waals surface area contributed by atoms with Gasteiger partial charge in [0.15, 0.2) is 0 Å². The first kappa shape index (κ1) is 12.5. The Morgan fingerprint density at radius 1 is 1.38 bits per heavy atom. The van der Waals surface area contributed by atoms with E-state index in [1.165, 1.54) is 0 Å². The maximum atomic E-state index is 11.5. The Morgan fingerprint density at radius 3 is 2.50 bits per heavy atom. The quantitative estimate of drug-likeness (QED) is 0.779. The third-order valence-corrected chi connectivity index (χ3v) is 2.45. The minimum absolute atomic E-state index is 0.00156. The van der Waals surface area contributed by atoms with Crippen LogP contribution in [-0.4, -0.2) is 26.1 Å². The predicted octanol–water partition coefficient (Wildman–Crippen LogP) is 0.919. The summed E-state index contributed by atoms with van der Waals surface area (Å²) in [5, 5.41) is 5.73. The molecule has 1 amide bonds. The molecule has 0 saturated carbocycles. The molecule has 1 atom stereocenters. The van der Waals surface area contributed by atoms with Crippen molar-refractivity contribution in [1.29, 1.82) is 0 Å². The van der Waals surface area contributed by atoms with Gasteiger partial charge in [0.05, 0.1) is 13.2 Å². The van der Waals surface area contributed by atoms with Crippen molar-refractivity contribution in [3.63, 3.8) is 0 Å². The molecule has 0 saturated heterocycles. The molecule has 0 aliphatic carbocycles. The van der Waals surface area contributed by atoms with Gasteiger partial charge in [-0.2, -0.15) is 0 Å². The zero-order valence-corrected chi connectivity index (χ0v) is 9.91. The third kappa shape index (κ3) is 3.55. The number of benzene rings is 1. The molecule has 0 spiro atoms. The summed E-state index contributed by atoms with van der Waals surface area (Å²) in [6.45, 7) is 2.36. The van der Waals surface area contributed by atoms with E-state index >= 15 is 0 Å². The summed E-state index contributed by atoms with van der Waals surface area (Å²) >= 11 is 0. The second-order valence-electron chi connectivity index (χ2n) is 3.58. The third-order valence-electron chi connectivity index (χ3n) is 2.45. The Balaban J connectivity index is 2.45. The second-order valence-corrected chi connectivity index (χ2v) is 3.58. The lowest BCUT2D eigenvalue weighted by Gasteiger charge is -2.11. The summed E-state index contributed by atoms with van der Waals surface area (Å²) in [5.41, 5.74) is 1.05. The van der Waals surface area contributed by atoms with E-state index in [4.69, 9.17) is 4.74 Å². The predicted molar refractivity (Wildman–Crippen MR) is 63.4 cm³/mol. The summed E-state index contributed by atoms with van der Waals surface area (Å²) in [6.07, 6.45) is 0. The molecule has 16 heavy (non-hydrogen) atoms. The van der Waals surface area contributed by atoms with Crippen LogP contribution in [0.1, 0.15) is 12.5 Å². The number of likely N-dealkylation sites (N-methyl/N-ethyl adjacent to an activating group) is 1. The van der Waals surface area contributed by atoms with Crippen LogP contribution in [0.3, 0.4) is 0 Å². The van der Waals surface area contributed by atoms with Crippen LogP contribution in [0.5, 0.6) is 5.75 Å². The fourth-order valence-electron chi connectivity index (χ4n) is 1.22. The molecule has 0 radical (unpaired) electrons. The minimum Gasteiger partial charge on any atom is -0.497 e. The van der Waals surface area contributed by atoms with Gasteiger partial charge in [-0.1, -0.05) is 12.1 Å². The number of nitrogens with one attached hydrogen (secondary N) is 2. The fraction of sp³-hybridized carbons (Fsp3) is 0.417. The average Bonchev–Trinajstić information content (AvgIpc) is 2.35. The highest BCUT2D eigenvalue weighted by molar-refractivity contribution is 5.81. The molecule has 0 bridgehead atoms. The van der Waals surface area contributed by atoms with Crippen LogP contribution in [0.2, 0.25) is 0 Å². The van der Waals surface area contributed by atoms with Gasteiger partial charge in [0.1, 0.15) is 5.75 Å². The van der Waals surface area contributed by atoms with Crippen molar-refractivity contribution in [2.75, 3.05) is 14.2 Å². The van der Waals surface area contributed by atoms with Crippen LogP contribution in [0.25, 0.3) is 0 Å².